The van der Waals surface area contributed by atoms with Crippen molar-refractivity contribution < 1.29 is 28.5 Å². The Hall–Kier alpha value is -3.61. The number of benzene rings is 2. The number of ether oxygens (including phenoxy) is 4. The fourth-order valence-corrected chi connectivity index (χ4v) is 5.32. The largest absolute Gasteiger partial charge is 0.496 e. The summed E-state index contributed by atoms with van der Waals surface area (Å²) >= 11 is 0. The van der Waals surface area contributed by atoms with E-state index in [1.165, 1.54) is 0 Å². The highest BCUT2D eigenvalue weighted by Gasteiger charge is 2.46. The van der Waals surface area contributed by atoms with E-state index < -0.39 is 11.8 Å². The van der Waals surface area contributed by atoms with Gasteiger partial charge in [-0.2, -0.15) is 0 Å². The van der Waals surface area contributed by atoms with Gasteiger partial charge >= 0.3 is 5.97 Å². The minimum Gasteiger partial charge on any atom is -0.496 e. The monoisotopic (exact) mass is 505 g/mol. The Morgan fingerprint density at radius 2 is 1.70 bits per heavy atom. The third kappa shape index (κ3) is 5.13. The molecule has 0 fully saturated rings. The molecule has 4 atom stereocenters. The van der Waals surface area contributed by atoms with Crippen LogP contribution in [0.5, 0.6) is 17.2 Å². The molecule has 1 heterocycles. The van der Waals surface area contributed by atoms with Crippen LogP contribution in [-0.4, -0.2) is 44.9 Å². The lowest BCUT2D eigenvalue weighted by Crippen LogP contribution is -2.39. The zero-order chi connectivity index (χ0) is 26.7. The highest BCUT2D eigenvalue weighted by Crippen LogP contribution is 2.49. The second kappa shape index (κ2) is 11.2. The van der Waals surface area contributed by atoms with Crippen molar-refractivity contribution in [2.75, 3.05) is 21.3 Å². The maximum absolute atomic E-state index is 13.9. The molecular formula is C30H35NO6. The smallest absolute Gasteiger partial charge is 0.315 e. The molecule has 0 bridgehead atoms. The Kier molecular flexibility index (Phi) is 8.00. The molecule has 0 N–H and O–H groups in total. The van der Waals surface area contributed by atoms with Crippen LogP contribution in [0, 0.1) is 5.92 Å². The molecule has 2 aromatic carbocycles. The first-order valence-corrected chi connectivity index (χ1v) is 12.7. The van der Waals surface area contributed by atoms with Crippen molar-refractivity contribution in [1.29, 1.82) is 0 Å². The van der Waals surface area contributed by atoms with Gasteiger partial charge < -0.3 is 18.9 Å². The number of hydrogen-bond donors (Lipinski definition) is 0. The normalized spacial score (nSPS) is 22.1. The standard InChI is InChI=1S/C30H35NO6/c1-7-17(2)37-30(33)27-18(3)31-22-14-20(19-12-13-25(35-5)26(16-19)36-6)15-23(32)29(22)28(27)21-10-8-9-11-24(21)34-4/h8-13,16-17,20,27-28H,7,14-15H2,1-6H3/t17-,20-,27?,28-/m1/s1. The summed E-state index contributed by atoms with van der Waals surface area (Å²) in [5.74, 6) is 0.204. The molecule has 7 nitrogen and oxygen atoms in total. The van der Waals surface area contributed by atoms with Crippen LogP contribution in [0.25, 0.3) is 0 Å². The predicted molar refractivity (Wildman–Crippen MR) is 142 cm³/mol. The van der Waals surface area contributed by atoms with Crippen molar-refractivity contribution in [2.45, 2.75) is 58.0 Å². The molecule has 1 aliphatic heterocycles. The van der Waals surface area contributed by atoms with Gasteiger partial charge in [0, 0.05) is 34.9 Å². The van der Waals surface area contributed by atoms with E-state index >= 15 is 0 Å². The maximum Gasteiger partial charge on any atom is 0.315 e. The number of ketones is 1. The zero-order valence-electron chi connectivity index (χ0n) is 22.4. The van der Waals surface area contributed by atoms with Crippen molar-refractivity contribution in [3.05, 3.63) is 64.9 Å². The van der Waals surface area contributed by atoms with Crippen molar-refractivity contribution >= 4 is 17.5 Å². The lowest BCUT2D eigenvalue weighted by atomic mass is 9.69. The molecule has 0 saturated carbocycles. The van der Waals surface area contributed by atoms with Gasteiger partial charge in [0.1, 0.15) is 11.7 Å². The lowest BCUT2D eigenvalue weighted by molar-refractivity contribution is -0.151. The minimum absolute atomic E-state index is 0.0190. The van der Waals surface area contributed by atoms with E-state index in [9.17, 15) is 9.59 Å². The first kappa shape index (κ1) is 26.5. The molecular weight excluding hydrogens is 470 g/mol. The summed E-state index contributed by atoms with van der Waals surface area (Å²) in [5.41, 5.74) is 3.71. The van der Waals surface area contributed by atoms with Gasteiger partial charge in [-0.3, -0.25) is 14.6 Å². The topological polar surface area (TPSA) is 83.4 Å². The van der Waals surface area contributed by atoms with Gasteiger partial charge in [0.05, 0.1) is 27.4 Å². The van der Waals surface area contributed by atoms with Gasteiger partial charge in [0.25, 0.3) is 0 Å². The van der Waals surface area contributed by atoms with Crippen LogP contribution < -0.4 is 14.2 Å². The Bertz CT molecular complexity index is 1250. The van der Waals surface area contributed by atoms with Crippen molar-refractivity contribution in [3.63, 3.8) is 0 Å². The fraction of sp³-hybridized carbons (Fsp3) is 0.433. The summed E-state index contributed by atoms with van der Waals surface area (Å²) in [4.78, 5) is 32.2. The third-order valence-corrected chi connectivity index (χ3v) is 7.39. The molecule has 2 aliphatic rings. The van der Waals surface area contributed by atoms with Gasteiger partial charge in [0.15, 0.2) is 17.3 Å². The second-order valence-electron chi connectivity index (χ2n) is 9.61. The molecule has 0 aromatic heterocycles. The maximum atomic E-state index is 13.9. The van der Waals surface area contributed by atoms with Crippen LogP contribution in [0.1, 0.15) is 63.0 Å². The summed E-state index contributed by atoms with van der Waals surface area (Å²) < 4.78 is 22.3. The molecule has 2 aromatic rings. The molecule has 37 heavy (non-hydrogen) atoms. The Labute approximate surface area is 218 Å². The molecule has 0 amide bonds. The van der Waals surface area contributed by atoms with E-state index in [2.05, 4.69) is 0 Å². The van der Waals surface area contributed by atoms with Crippen LogP contribution in [0.15, 0.2) is 58.7 Å². The number of hydrogen-bond acceptors (Lipinski definition) is 7. The van der Waals surface area contributed by atoms with E-state index in [-0.39, 0.29) is 23.8 Å². The van der Waals surface area contributed by atoms with Gasteiger partial charge in [-0.15, -0.1) is 0 Å². The summed E-state index contributed by atoms with van der Waals surface area (Å²) in [6.07, 6.45) is 1.35. The van der Waals surface area contributed by atoms with Crippen LogP contribution in [0.3, 0.4) is 0 Å². The van der Waals surface area contributed by atoms with Crippen molar-refractivity contribution in [3.8, 4) is 17.2 Å². The minimum atomic E-state index is -0.703. The third-order valence-electron chi connectivity index (χ3n) is 7.39. The van der Waals surface area contributed by atoms with Gasteiger partial charge in [0.2, 0.25) is 0 Å². The van der Waals surface area contributed by atoms with Crippen molar-refractivity contribution in [2.24, 2.45) is 10.9 Å². The molecule has 4 rings (SSSR count). The quantitative estimate of drug-likeness (QED) is 0.433. The van der Waals surface area contributed by atoms with Crippen LogP contribution in [0.2, 0.25) is 0 Å². The van der Waals surface area contributed by atoms with Crippen LogP contribution in [0.4, 0.5) is 0 Å². The number of methoxy groups -OCH3 is 3. The van der Waals surface area contributed by atoms with E-state index in [0.29, 0.717) is 47.8 Å². The molecule has 0 saturated heterocycles. The average Bonchev–Trinajstić information content (AvgIpc) is 2.91. The Morgan fingerprint density at radius 1 is 1.00 bits per heavy atom. The molecule has 0 radical (unpaired) electrons. The number of rotatable bonds is 8. The molecule has 1 unspecified atom stereocenters. The number of allylic oxidation sites excluding steroid dienone is 2. The summed E-state index contributed by atoms with van der Waals surface area (Å²) in [6, 6.07) is 13.3. The summed E-state index contributed by atoms with van der Waals surface area (Å²) in [5, 5.41) is 0. The van der Waals surface area contributed by atoms with E-state index in [1.54, 1.807) is 21.3 Å². The Morgan fingerprint density at radius 3 is 2.38 bits per heavy atom. The fourth-order valence-electron chi connectivity index (χ4n) is 5.32. The highest BCUT2D eigenvalue weighted by molar-refractivity contribution is 6.09. The number of Topliss-reactive ketones (excluding diaryl/α,β-unsaturated/α-hetero) is 1. The van der Waals surface area contributed by atoms with Crippen LogP contribution in [-0.2, 0) is 14.3 Å². The first-order chi connectivity index (χ1) is 17.8. The number of esters is 1. The van der Waals surface area contributed by atoms with Gasteiger partial charge in [-0.1, -0.05) is 31.2 Å². The number of aliphatic imine (C=N–C) groups is 1. The second-order valence-corrected chi connectivity index (χ2v) is 9.61. The first-order valence-electron chi connectivity index (χ1n) is 12.7. The number of carbonyl (C=O) groups excluding carboxylic acids is 2. The van der Waals surface area contributed by atoms with E-state index in [4.69, 9.17) is 23.9 Å². The summed E-state index contributed by atoms with van der Waals surface area (Å²) in [6.45, 7) is 5.69. The number of carbonyl (C=O) groups is 2. The number of nitrogens with zero attached hydrogens (tertiary/aromatic N) is 1. The van der Waals surface area contributed by atoms with Crippen molar-refractivity contribution in [1.82, 2.24) is 0 Å². The van der Waals surface area contributed by atoms with Gasteiger partial charge in [-0.05, 0) is 56.4 Å². The molecule has 196 valence electrons. The molecule has 1 aliphatic carbocycles. The number of para-hydroxylation sites is 1. The Balaban J connectivity index is 1.80. The average molecular weight is 506 g/mol. The predicted octanol–water partition coefficient (Wildman–Crippen LogP) is 5.63. The molecule has 0 spiro atoms. The highest BCUT2D eigenvalue weighted by atomic mass is 16.5. The molecule has 7 heteroatoms. The SMILES string of the molecule is CC[C@@H](C)OC(=O)C1C(C)=NC2=C(C(=O)C[C@H](c3ccc(OC)c(OC)c3)C2)[C@@H]1c1ccccc1OC. The summed E-state index contributed by atoms with van der Waals surface area (Å²) in [7, 11) is 4.79. The van der Waals surface area contributed by atoms with E-state index in [0.717, 1.165) is 16.8 Å². The lowest BCUT2D eigenvalue weighted by Gasteiger charge is -2.37. The van der Waals surface area contributed by atoms with Crippen LogP contribution >= 0.6 is 0 Å². The van der Waals surface area contributed by atoms with E-state index in [1.807, 2.05) is 63.2 Å². The van der Waals surface area contributed by atoms with Gasteiger partial charge in [-0.25, -0.2) is 0 Å². The zero-order valence-corrected chi connectivity index (χ0v) is 22.4.